The highest BCUT2D eigenvalue weighted by atomic mass is 19.4. The SMILES string of the molecule is COC(=O)[C@@H](NC(=O)[C@@H](O)c1ccc(C(F)(F)F)cc1)[C@H](C)CC#N. The van der Waals surface area contributed by atoms with Crippen LogP contribution in [0.15, 0.2) is 24.3 Å². The molecule has 0 fully saturated rings. The van der Waals surface area contributed by atoms with Crippen molar-refractivity contribution >= 4 is 11.9 Å². The summed E-state index contributed by atoms with van der Waals surface area (Å²) >= 11 is 0. The number of alkyl halides is 3. The van der Waals surface area contributed by atoms with Gasteiger partial charge in [-0.05, 0) is 17.7 Å². The zero-order chi connectivity index (χ0) is 19.2. The largest absolute Gasteiger partial charge is 0.467 e. The predicted molar refractivity (Wildman–Crippen MR) is 79.7 cm³/mol. The van der Waals surface area contributed by atoms with Crippen LogP contribution in [0.5, 0.6) is 0 Å². The van der Waals surface area contributed by atoms with Crippen molar-refractivity contribution in [3.63, 3.8) is 0 Å². The number of nitriles is 1. The van der Waals surface area contributed by atoms with Crippen molar-refractivity contribution in [2.75, 3.05) is 7.11 Å². The van der Waals surface area contributed by atoms with Gasteiger partial charge in [0.1, 0.15) is 6.04 Å². The highest BCUT2D eigenvalue weighted by molar-refractivity contribution is 5.87. The van der Waals surface area contributed by atoms with Crippen LogP contribution >= 0.6 is 0 Å². The fraction of sp³-hybridized carbons (Fsp3) is 0.438. The van der Waals surface area contributed by atoms with Crippen LogP contribution in [0.4, 0.5) is 13.2 Å². The van der Waals surface area contributed by atoms with Gasteiger partial charge in [0, 0.05) is 12.3 Å². The number of carbonyl (C=O) groups excluding carboxylic acids is 2. The molecule has 136 valence electrons. The maximum Gasteiger partial charge on any atom is 0.416 e. The third-order valence-electron chi connectivity index (χ3n) is 3.54. The van der Waals surface area contributed by atoms with Gasteiger partial charge in [-0.3, -0.25) is 4.79 Å². The standard InChI is InChI=1S/C16H17F3N2O4/c1-9(7-8-20)12(15(24)25-2)21-14(23)13(22)10-3-5-11(6-4-10)16(17,18)19/h3-6,9,12-13,22H,7H2,1-2H3,(H,21,23)/t9-,12+,13+/m1/s1. The first-order valence-corrected chi connectivity index (χ1v) is 7.22. The van der Waals surface area contributed by atoms with Gasteiger partial charge in [-0.1, -0.05) is 19.1 Å². The summed E-state index contributed by atoms with van der Waals surface area (Å²) in [5.41, 5.74) is -0.985. The zero-order valence-corrected chi connectivity index (χ0v) is 13.5. The van der Waals surface area contributed by atoms with Crippen LogP contribution in [0.25, 0.3) is 0 Å². The molecule has 1 aromatic carbocycles. The Morgan fingerprint density at radius 2 is 1.88 bits per heavy atom. The van der Waals surface area contributed by atoms with E-state index >= 15 is 0 Å². The average Bonchev–Trinajstić information content (AvgIpc) is 2.57. The second kappa shape index (κ2) is 8.48. The van der Waals surface area contributed by atoms with Gasteiger partial charge in [-0.15, -0.1) is 0 Å². The van der Waals surface area contributed by atoms with Crippen molar-refractivity contribution in [3.05, 3.63) is 35.4 Å². The molecule has 0 radical (unpaired) electrons. The summed E-state index contributed by atoms with van der Waals surface area (Å²) < 4.78 is 42.1. The molecule has 0 aromatic heterocycles. The first kappa shape index (κ1) is 20.4. The minimum absolute atomic E-state index is 0.0452. The van der Waals surface area contributed by atoms with E-state index in [-0.39, 0.29) is 12.0 Å². The number of hydrogen-bond acceptors (Lipinski definition) is 5. The maximum absolute atomic E-state index is 12.5. The van der Waals surface area contributed by atoms with E-state index in [9.17, 15) is 27.9 Å². The number of esters is 1. The molecule has 25 heavy (non-hydrogen) atoms. The van der Waals surface area contributed by atoms with Crippen molar-refractivity contribution in [1.29, 1.82) is 5.26 Å². The van der Waals surface area contributed by atoms with Crippen LogP contribution in [0, 0.1) is 17.2 Å². The Balaban J connectivity index is 2.90. The topological polar surface area (TPSA) is 99.4 Å². The quantitative estimate of drug-likeness (QED) is 0.757. The van der Waals surface area contributed by atoms with E-state index in [0.29, 0.717) is 0 Å². The number of amides is 1. The van der Waals surface area contributed by atoms with Gasteiger partial charge in [0.15, 0.2) is 6.10 Å². The van der Waals surface area contributed by atoms with Gasteiger partial charge in [-0.2, -0.15) is 18.4 Å². The molecule has 3 atom stereocenters. The van der Waals surface area contributed by atoms with Crippen LogP contribution in [0.2, 0.25) is 0 Å². The molecule has 9 heteroatoms. The average molecular weight is 358 g/mol. The molecule has 2 N–H and O–H groups in total. The fourth-order valence-electron chi connectivity index (χ4n) is 2.06. The molecular formula is C16H17F3N2O4. The number of halogens is 3. The summed E-state index contributed by atoms with van der Waals surface area (Å²) in [6.45, 7) is 1.54. The van der Waals surface area contributed by atoms with Gasteiger partial charge in [0.05, 0.1) is 18.7 Å². The number of methoxy groups -OCH3 is 1. The van der Waals surface area contributed by atoms with E-state index in [1.54, 1.807) is 0 Å². The molecule has 1 aromatic rings. The third kappa shape index (κ3) is 5.46. The van der Waals surface area contributed by atoms with Crippen molar-refractivity contribution in [2.45, 2.75) is 31.7 Å². The minimum Gasteiger partial charge on any atom is -0.467 e. The van der Waals surface area contributed by atoms with E-state index in [0.717, 1.165) is 31.4 Å². The van der Waals surface area contributed by atoms with Gasteiger partial charge < -0.3 is 15.2 Å². The maximum atomic E-state index is 12.5. The molecule has 0 saturated carbocycles. The van der Waals surface area contributed by atoms with E-state index in [2.05, 4.69) is 10.1 Å². The Labute approximate surface area is 142 Å². The number of nitrogens with zero attached hydrogens (tertiary/aromatic N) is 1. The van der Waals surface area contributed by atoms with Crippen molar-refractivity contribution in [2.24, 2.45) is 5.92 Å². The zero-order valence-electron chi connectivity index (χ0n) is 13.5. The Hall–Kier alpha value is -2.60. The van der Waals surface area contributed by atoms with Gasteiger partial charge in [0.2, 0.25) is 0 Å². The van der Waals surface area contributed by atoms with E-state index in [1.807, 2.05) is 6.07 Å². The number of aliphatic hydroxyl groups excluding tert-OH is 1. The molecule has 0 spiro atoms. The summed E-state index contributed by atoms with van der Waals surface area (Å²) in [6.07, 6.45) is -6.35. The summed E-state index contributed by atoms with van der Waals surface area (Å²) in [5.74, 6) is -2.36. The smallest absolute Gasteiger partial charge is 0.416 e. The van der Waals surface area contributed by atoms with Gasteiger partial charge in [-0.25, -0.2) is 4.79 Å². The lowest BCUT2D eigenvalue weighted by Crippen LogP contribution is -2.47. The van der Waals surface area contributed by atoms with Crippen LogP contribution in [-0.4, -0.2) is 30.1 Å². The van der Waals surface area contributed by atoms with Crippen molar-refractivity contribution < 1.29 is 32.6 Å². The highest BCUT2D eigenvalue weighted by Gasteiger charge is 2.32. The first-order valence-electron chi connectivity index (χ1n) is 7.22. The minimum atomic E-state index is -4.53. The molecule has 1 amide bonds. The first-order chi connectivity index (χ1) is 11.6. The molecule has 0 aliphatic carbocycles. The molecule has 0 unspecified atom stereocenters. The number of hydrogen-bond donors (Lipinski definition) is 2. The van der Waals surface area contributed by atoms with Crippen LogP contribution in [-0.2, 0) is 20.5 Å². The van der Waals surface area contributed by atoms with E-state index in [1.165, 1.54) is 6.92 Å². The summed E-state index contributed by atoms with van der Waals surface area (Å²) in [4.78, 5) is 23.8. The summed E-state index contributed by atoms with van der Waals surface area (Å²) in [5, 5.41) is 20.9. The second-order valence-electron chi connectivity index (χ2n) is 5.37. The number of carbonyl (C=O) groups is 2. The molecule has 1 rings (SSSR count). The van der Waals surface area contributed by atoms with E-state index in [4.69, 9.17) is 5.26 Å². The van der Waals surface area contributed by atoms with Crippen molar-refractivity contribution in [3.8, 4) is 6.07 Å². The lowest BCUT2D eigenvalue weighted by atomic mass is 9.98. The Morgan fingerprint density at radius 3 is 2.32 bits per heavy atom. The Morgan fingerprint density at radius 1 is 1.32 bits per heavy atom. The van der Waals surface area contributed by atoms with Crippen molar-refractivity contribution in [1.82, 2.24) is 5.32 Å². The number of ether oxygens (including phenoxy) is 1. The number of rotatable bonds is 6. The number of nitrogens with one attached hydrogen (secondary N) is 1. The lowest BCUT2D eigenvalue weighted by molar-refractivity contribution is -0.147. The van der Waals surface area contributed by atoms with Crippen LogP contribution in [0.3, 0.4) is 0 Å². The fourth-order valence-corrected chi connectivity index (χ4v) is 2.06. The highest BCUT2D eigenvalue weighted by Crippen LogP contribution is 2.30. The molecule has 0 heterocycles. The van der Waals surface area contributed by atoms with Crippen LogP contribution < -0.4 is 5.32 Å². The Kier molecular flexibility index (Phi) is 6.94. The van der Waals surface area contributed by atoms with E-state index < -0.39 is 41.7 Å². The number of aliphatic hydroxyl groups is 1. The summed E-state index contributed by atoms with van der Waals surface area (Å²) in [6, 6.07) is 4.11. The van der Waals surface area contributed by atoms with Gasteiger partial charge >= 0.3 is 12.1 Å². The lowest BCUT2D eigenvalue weighted by Gasteiger charge is -2.22. The molecule has 0 bridgehead atoms. The number of benzene rings is 1. The Bertz CT molecular complexity index is 653. The normalized spacial score (nSPS) is 14.8. The predicted octanol–water partition coefficient (Wildman–Crippen LogP) is 1.95. The molecule has 6 nitrogen and oxygen atoms in total. The van der Waals surface area contributed by atoms with Crippen LogP contribution in [0.1, 0.15) is 30.6 Å². The monoisotopic (exact) mass is 358 g/mol. The molecule has 0 saturated heterocycles. The second-order valence-corrected chi connectivity index (χ2v) is 5.37. The summed E-state index contributed by atoms with van der Waals surface area (Å²) in [7, 11) is 1.10. The molecular weight excluding hydrogens is 341 g/mol. The molecule has 0 aliphatic rings. The van der Waals surface area contributed by atoms with Gasteiger partial charge in [0.25, 0.3) is 5.91 Å². The third-order valence-corrected chi connectivity index (χ3v) is 3.54. The molecule has 0 aliphatic heterocycles.